The molecule has 0 spiro atoms. The zero-order chi connectivity index (χ0) is 7.44. The summed E-state index contributed by atoms with van der Waals surface area (Å²) in [5.74, 6) is 0.455. The molecule has 0 saturated carbocycles. The molecular weight excluding hydrogens is 116 g/mol. The van der Waals surface area contributed by atoms with E-state index in [9.17, 15) is 9.90 Å². The van der Waals surface area contributed by atoms with Crippen LogP contribution in [0.1, 0.15) is 13.8 Å². The van der Waals surface area contributed by atoms with Crippen LogP contribution in [0.5, 0.6) is 0 Å². The minimum Gasteiger partial charge on any atom is -0.247 e. The van der Waals surface area contributed by atoms with E-state index in [4.69, 9.17) is 6.42 Å². The number of carbonyl (C=O) groups excluding carboxylic acids is 1. The number of terminal acetylenes is 1. The minimum atomic E-state index is -1.08. The molecule has 0 amide bonds. The van der Waals surface area contributed by atoms with E-state index in [1.807, 2.05) is 0 Å². The third-order valence-electron chi connectivity index (χ3n) is 1.38. The average molecular weight is 125 g/mol. The molecule has 0 N–H and O–H groups in total. The second-order valence-electron chi connectivity index (χ2n) is 2.06. The fraction of sp³-hybridized carbons (Fsp3) is 0.571. The van der Waals surface area contributed by atoms with Crippen molar-refractivity contribution >= 4 is 5.97 Å². The highest BCUT2D eigenvalue weighted by Crippen LogP contribution is 2.08. The average Bonchev–Trinajstić information content (AvgIpc) is 1.84. The second kappa shape index (κ2) is 3.13. The van der Waals surface area contributed by atoms with Crippen LogP contribution in [0.3, 0.4) is 0 Å². The molecule has 0 rings (SSSR count). The lowest BCUT2D eigenvalue weighted by atomic mass is 9.97. The Hall–Kier alpha value is -0.970. The fourth-order valence-electron chi connectivity index (χ4n) is 0.348. The maximum Gasteiger partial charge on any atom is 0.359 e. The van der Waals surface area contributed by atoms with E-state index in [2.05, 4.69) is 5.92 Å². The summed E-state index contributed by atoms with van der Waals surface area (Å²) in [6.45, 7) is 3.22. The molecule has 0 bridgehead atoms. The molecular formula is C7H9O2. The van der Waals surface area contributed by atoms with E-state index in [0.717, 1.165) is 0 Å². The molecule has 0 aromatic heterocycles. The molecule has 49 valence electrons. The lowest BCUT2D eigenvalue weighted by Crippen LogP contribution is -2.15. The van der Waals surface area contributed by atoms with Crippen LogP contribution in [0.15, 0.2) is 0 Å². The second-order valence-corrected chi connectivity index (χ2v) is 2.06. The van der Waals surface area contributed by atoms with Crippen LogP contribution in [0.2, 0.25) is 0 Å². The van der Waals surface area contributed by atoms with Gasteiger partial charge in [-0.15, -0.1) is 12.3 Å². The van der Waals surface area contributed by atoms with Crippen molar-refractivity contribution in [2.24, 2.45) is 11.8 Å². The van der Waals surface area contributed by atoms with Crippen molar-refractivity contribution in [1.82, 2.24) is 0 Å². The van der Waals surface area contributed by atoms with E-state index in [1.54, 1.807) is 13.8 Å². The Morgan fingerprint density at radius 1 is 1.56 bits per heavy atom. The summed E-state index contributed by atoms with van der Waals surface area (Å²) < 4.78 is 0. The highest BCUT2D eigenvalue weighted by atomic mass is 16.4. The van der Waals surface area contributed by atoms with Gasteiger partial charge in [-0.3, -0.25) is 0 Å². The van der Waals surface area contributed by atoms with Gasteiger partial charge in [0.15, 0.2) is 0 Å². The lowest BCUT2D eigenvalue weighted by molar-refractivity contribution is -0.148. The molecule has 0 fully saturated rings. The van der Waals surface area contributed by atoms with E-state index in [1.165, 1.54) is 0 Å². The van der Waals surface area contributed by atoms with Gasteiger partial charge >= 0.3 is 5.97 Å². The monoisotopic (exact) mass is 125 g/mol. The molecule has 0 aromatic rings. The summed E-state index contributed by atoms with van der Waals surface area (Å²) in [6.07, 6.45) is 4.97. The first-order valence-electron chi connectivity index (χ1n) is 2.76. The smallest absolute Gasteiger partial charge is 0.247 e. The summed E-state index contributed by atoms with van der Waals surface area (Å²) in [7, 11) is 0. The largest absolute Gasteiger partial charge is 0.359 e. The van der Waals surface area contributed by atoms with Gasteiger partial charge < -0.3 is 0 Å². The maximum atomic E-state index is 10.1. The van der Waals surface area contributed by atoms with Gasteiger partial charge in [-0.25, -0.2) is 9.90 Å². The quantitative estimate of drug-likeness (QED) is 0.504. The first-order chi connectivity index (χ1) is 4.09. The SMILES string of the molecule is C#CC(C)C(C)C([O])=O. The van der Waals surface area contributed by atoms with Crippen molar-refractivity contribution in [3.05, 3.63) is 0 Å². The highest BCUT2D eigenvalue weighted by molar-refractivity contribution is 5.69. The normalized spacial score (nSPS) is 15.7. The summed E-state index contributed by atoms with van der Waals surface area (Å²) in [4.78, 5) is 10.1. The fourth-order valence-corrected chi connectivity index (χ4v) is 0.348. The Kier molecular flexibility index (Phi) is 2.80. The Morgan fingerprint density at radius 2 is 2.00 bits per heavy atom. The molecule has 2 atom stereocenters. The van der Waals surface area contributed by atoms with Crippen LogP contribution < -0.4 is 0 Å². The summed E-state index contributed by atoms with van der Waals surface area (Å²) in [6, 6.07) is 0. The van der Waals surface area contributed by atoms with E-state index >= 15 is 0 Å². The van der Waals surface area contributed by atoms with Crippen molar-refractivity contribution < 1.29 is 9.90 Å². The Morgan fingerprint density at radius 3 is 2.11 bits per heavy atom. The predicted octanol–water partition coefficient (Wildman–Crippen LogP) is 0.849. The third kappa shape index (κ3) is 2.18. The van der Waals surface area contributed by atoms with Crippen molar-refractivity contribution in [1.29, 1.82) is 0 Å². The number of hydrogen-bond acceptors (Lipinski definition) is 1. The standard InChI is InChI=1S/C7H9O2/c1-4-5(2)6(3)7(8)9/h1,5-6H,2-3H3. The molecule has 0 aliphatic carbocycles. The lowest BCUT2D eigenvalue weighted by Gasteiger charge is -2.05. The van der Waals surface area contributed by atoms with Gasteiger partial charge in [0, 0.05) is 5.92 Å². The molecule has 0 aliphatic heterocycles. The van der Waals surface area contributed by atoms with Crippen molar-refractivity contribution in [2.45, 2.75) is 13.8 Å². The molecule has 0 heterocycles. The van der Waals surface area contributed by atoms with Crippen molar-refractivity contribution in [3.8, 4) is 12.3 Å². The zero-order valence-corrected chi connectivity index (χ0v) is 5.55. The van der Waals surface area contributed by atoms with Crippen LogP contribution in [0.25, 0.3) is 0 Å². The van der Waals surface area contributed by atoms with Gasteiger partial charge in [0.2, 0.25) is 0 Å². The number of hydrogen-bond donors (Lipinski definition) is 0. The zero-order valence-electron chi connectivity index (χ0n) is 5.55. The molecule has 2 heteroatoms. The Balaban J connectivity index is 3.91. The predicted molar refractivity (Wildman–Crippen MR) is 32.9 cm³/mol. The van der Waals surface area contributed by atoms with Crippen molar-refractivity contribution in [2.75, 3.05) is 0 Å². The molecule has 0 aromatic carbocycles. The van der Waals surface area contributed by atoms with Crippen LogP contribution >= 0.6 is 0 Å². The number of rotatable bonds is 2. The van der Waals surface area contributed by atoms with Crippen LogP contribution in [-0.4, -0.2) is 5.97 Å². The molecule has 2 unspecified atom stereocenters. The molecule has 9 heavy (non-hydrogen) atoms. The summed E-state index contributed by atoms with van der Waals surface area (Å²) in [5.41, 5.74) is 0. The van der Waals surface area contributed by atoms with Gasteiger partial charge in [0.25, 0.3) is 0 Å². The summed E-state index contributed by atoms with van der Waals surface area (Å²) in [5, 5.41) is 10.1. The van der Waals surface area contributed by atoms with E-state index in [0.29, 0.717) is 0 Å². The maximum absolute atomic E-state index is 10.1. The highest BCUT2D eigenvalue weighted by Gasteiger charge is 2.18. The summed E-state index contributed by atoms with van der Waals surface area (Å²) >= 11 is 0. The minimum absolute atomic E-state index is 0.241. The molecule has 0 saturated heterocycles. The van der Waals surface area contributed by atoms with Crippen LogP contribution in [-0.2, 0) is 9.90 Å². The van der Waals surface area contributed by atoms with Crippen molar-refractivity contribution in [3.63, 3.8) is 0 Å². The third-order valence-corrected chi connectivity index (χ3v) is 1.38. The van der Waals surface area contributed by atoms with Crippen LogP contribution in [0, 0.1) is 24.2 Å². The first-order valence-corrected chi connectivity index (χ1v) is 2.76. The van der Waals surface area contributed by atoms with E-state index < -0.39 is 11.9 Å². The van der Waals surface area contributed by atoms with E-state index in [-0.39, 0.29) is 5.92 Å². The van der Waals surface area contributed by atoms with Gasteiger partial charge in [0.05, 0.1) is 5.92 Å². The molecule has 2 nitrogen and oxygen atoms in total. The van der Waals surface area contributed by atoms with Gasteiger partial charge in [-0.2, -0.15) is 0 Å². The van der Waals surface area contributed by atoms with Gasteiger partial charge in [-0.05, 0) is 0 Å². The molecule has 0 aliphatic rings. The Labute approximate surface area is 54.9 Å². The molecule has 1 radical (unpaired) electrons. The topological polar surface area (TPSA) is 37.0 Å². The number of carbonyl (C=O) groups is 1. The van der Waals surface area contributed by atoms with Gasteiger partial charge in [0.1, 0.15) is 0 Å². The van der Waals surface area contributed by atoms with Crippen LogP contribution in [0.4, 0.5) is 0 Å². The first kappa shape index (κ1) is 8.03. The van der Waals surface area contributed by atoms with Gasteiger partial charge in [-0.1, -0.05) is 13.8 Å². The Bertz CT molecular complexity index is 143.